The minimum atomic E-state index is -0.121. The highest BCUT2D eigenvalue weighted by atomic mass is 16.2. The molecule has 34 heavy (non-hydrogen) atoms. The molecule has 0 atom stereocenters. The third-order valence-corrected chi connectivity index (χ3v) is 6.87. The number of carbonyl (C=O) groups is 1. The smallest absolute Gasteiger partial charge is 0.327 e. The van der Waals surface area contributed by atoms with Crippen molar-refractivity contribution in [2.75, 3.05) is 29.4 Å². The Bertz CT molecular complexity index is 1420. The summed E-state index contributed by atoms with van der Waals surface area (Å²) in [5, 5.41) is 0. The molecule has 0 radical (unpaired) electrons. The number of hydrogen-bond donors (Lipinski definition) is 1. The molecule has 1 saturated heterocycles. The monoisotopic (exact) mass is 455 g/mol. The van der Waals surface area contributed by atoms with Crippen LogP contribution in [0.1, 0.15) is 41.4 Å². The number of H-pyrrole nitrogens is 1. The van der Waals surface area contributed by atoms with Gasteiger partial charge in [-0.05, 0) is 49.4 Å². The van der Waals surface area contributed by atoms with Crippen LogP contribution in [0.3, 0.4) is 0 Å². The van der Waals surface area contributed by atoms with Gasteiger partial charge in [0.2, 0.25) is 0 Å². The van der Waals surface area contributed by atoms with Gasteiger partial charge in [-0.1, -0.05) is 18.2 Å². The number of pyridine rings is 1. The summed E-state index contributed by atoms with van der Waals surface area (Å²) in [4.78, 5) is 45.7. The first kappa shape index (κ1) is 20.6. The molecule has 0 saturated carbocycles. The molecule has 1 aromatic carbocycles. The number of para-hydroxylation sites is 1. The Morgan fingerprint density at radius 2 is 1.85 bits per heavy atom. The zero-order valence-electron chi connectivity index (χ0n) is 18.7. The fraction of sp³-hybridized carbons (Fsp3) is 0.320. The van der Waals surface area contributed by atoms with Gasteiger partial charge in [0.1, 0.15) is 17.8 Å². The van der Waals surface area contributed by atoms with E-state index in [-0.39, 0.29) is 17.6 Å². The number of aromatic nitrogens is 5. The molecule has 2 aliphatic heterocycles. The number of piperidine rings is 1. The summed E-state index contributed by atoms with van der Waals surface area (Å²) in [5.41, 5.74) is 3.90. The summed E-state index contributed by atoms with van der Waals surface area (Å²) < 4.78 is 1.82. The largest absolute Gasteiger partial charge is 0.356 e. The van der Waals surface area contributed by atoms with E-state index in [0.717, 1.165) is 55.8 Å². The number of benzene rings is 1. The fourth-order valence-electron chi connectivity index (χ4n) is 5.19. The van der Waals surface area contributed by atoms with Crippen molar-refractivity contribution in [3.63, 3.8) is 0 Å². The Labute approximate surface area is 196 Å². The number of aromatic amines is 1. The molecule has 172 valence electrons. The molecule has 6 rings (SSSR count). The van der Waals surface area contributed by atoms with E-state index in [1.54, 1.807) is 12.3 Å². The van der Waals surface area contributed by atoms with E-state index in [2.05, 4.69) is 30.9 Å². The standard InChI is InChI=1S/C25H25N7O2/c33-24(31-12-4-6-17-5-1-2-7-20(17)31)19-15-22(28-16-27-19)30-13-9-18(10-14-30)32-21-8-3-11-26-23(21)29-25(32)34/h1-3,5,7-8,11,15-16,18H,4,6,9-10,12-14H2,(H,26,29,34). The predicted octanol–water partition coefficient (Wildman–Crippen LogP) is 2.95. The summed E-state index contributed by atoms with van der Waals surface area (Å²) in [7, 11) is 0. The van der Waals surface area contributed by atoms with Crippen LogP contribution in [0.4, 0.5) is 11.5 Å². The molecule has 0 spiro atoms. The third-order valence-electron chi connectivity index (χ3n) is 6.87. The highest BCUT2D eigenvalue weighted by Crippen LogP contribution is 2.29. The second kappa shape index (κ2) is 8.40. The molecule has 0 bridgehead atoms. The van der Waals surface area contributed by atoms with Crippen LogP contribution in [0.5, 0.6) is 0 Å². The van der Waals surface area contributed by atoms with E-state index in [0.29, 0.717) is 17.9 Å². The van der Waals surface area contributed by atoms with Crippen molar-refractivity contribution in [3.05, 3.63) is 76.7 Å². The summed E-state index contributed by atoms with van der Waals surface area (Å²) in [6.45, 7) is 2.16. The average Bonchev–Trinajstić information content (AvgIpc) is 3.23. The maximum atomic E-state index is 13.3. The molecule has 5 heterocycles. The molecule has 9 nitrogen and oxygen atoms in total. The van der Waals surface area contributed by atoms with Crippen molar-refractivity contribution in [1.82, 2.24) is 24.5 Å². The number of nitrogens with zero attached hydrogens (tertiary/aromatic N) is 6. The average molecular weight is 456 g/mol. The summed E-state index contributed by atoms with van der Waals surface area (Å²) in [6, 6.07) is 13.7. The van der Waals surface area contributed by atoms with Gasteiger partial charge in [0, 0.05) is 43.6 Å². The molecule has 9 heteroatoms. The van der Waals surface area contributed by atoms with Gasteiger partial charge in [-0.3, -0.25) is 14.3 Å². The zero-order valence-corrected chi connectivity index (χ0v) is 18.7. The van der Waals surface area contributed by atoms with Gasteiger partial charge in [-0.15, -0.1) is 0 Å². The Kier molecular flexibility index (Phi) is 5.09. The lowest BCUT2D eigenvalue weighted by Crippen LogP contribution is -2.38. The number of imidazole rings is 1. The zero-order chi connectivity index (χ0) is 23.1. The van der Waals surface area contributed by atoms with Crippen LogP contribution >= 0.6 is 0 Å². The molecule has 1 fully saturated rings. The van der Waals surface area contributed by atoms with Crippen LogP contribution in [0, 0.1) is 0 Å². The molecule has 4 aromatic rings. The van der Waals surface area contributed by atoms with Gasteiger partial charge in [0.15, 0.2) is 5.65 Å². The lowest BCUT2D eigenvalue weighted by atomic mass is 10.0. The molecule has 3 aromatic heterocycles. The van der Waals surface area contributed by atoms with Crippen LogP contribution in [0.2, 0.25) is 0 Å². The molecule has 1 amide bonds. The Balaban J connectivity index is 1.20. The summed E-state index contributed by atoms with van der Waals surface area (Å²) in [5.74, 6) is 0.651. The van der Waals surface area contributed by atoms with Crippen LogP contribution in [0.15, 0.2) is 59.8 Å². The van der Waals surface area contributed by atoms with Gasteiger partial charge in [-0.2, -0.15) is 0 Å². The SMILES string of the molecule is O=C(c1cc(N2CCC(n3c(=O)[nH]c4ncccc43)CC2)ncn1)N1CCCc2ccccc21. The summed E-state index contributed by atoms with van der Waals surface area (Å²) in [6.07, 6.45) is 6.68. The number of hydrogen-bond acceptors (Lipinski definition) is 6. The highest BCUT2D eigenvalue weighted by Gasteiger charge is 2.27. The number of anilines is 2. The molecule has 0 unspecified atom stereocenters. The number of amides is 1. The van der Waals surface area contributed by atoms with E-state index in [9.17, 15) is 9.59 Å². The number of aryl methyl sites for hydroxylation is 1. The summed E-state index contributed by atoms with van der Waals surface area (Å²) >= 11 is 0. The minimum absolute atomic E-state index is 0.0921. The van der Waals surface area contributed by atoms with Crippen LogP contribution < -0.4 is 15.5 Å². The molecule has 1 N–H and O–H groups in total. The Morgan fingerprint density at radius 3 is 2.74 bits per heavy atom. The van der Waals surface area contributed by atoms with Crippen LogP contribution in [0.25, 0.3) is 11.2 Å². The topological polar surface area (TPSA) is 100 Å². The first-order valence-corrected chi connectivity index (χ1v) is 11.7. The molecular formula is C25H25N7O2. The number of rotatable bonds is 3. The Hall–Kier alpha value is -4.01. The molecular weight excluding hydrogens is 430 g/mol. The molecule has 0 aliphatic carbocycles. The van der Waals surface area contributed by atoms with E-state index >= 15 is 0 Å². The van der Waals surface area contributed by atoms with E-state index in [1.807, 2.05) is 39.8 Å². The van der Waals surface area contributed by atoms with E-state index in [1.165, 1.54) is 11.9 Å². The predicted molar refractivity (Wildman–Crippen MR) is 129 cm³/mol. The third kappa shape index (κ3) is 3.53. The van der Waals surface area contributed by atoms with Crippen molar-refractivity contribution in [2.45, 2.75) is 31.7 Å². The fourth-order valence-corrected chi connectivity index (χ4v) is 5.19. The number of nitrogens with one attached hydrogen (secondary N) is 1. The van der Waals surface area contributed by atoms with Crippen molar-refractivity contribution in [2.24, 2.45) is 0 Å². The van der Waals surface area contributed by atoms with E-state index in [4.69, 9.17) is 0 Å². The maximum Gasteiger partial charge on any atom is 0.327 e. The second-order valence-corrected chi connectivity index (χ2v) is 8.84. The van der Waals surface area contributed by atoms with Crippen LogP contribution in [-0.4, -0.2) is 50.0 Å². The first-order valence-electron chi connectivity index (χ1n) is 11.7. The van der Waals surface area contributed by atoms with E-state index < -0.39 is 0 Å². The van der Waals surface area contributed by atoms with Crippen molar-refractivity contribution >= 4 is 28.6 Å². The van der Waals surface area contributed by atoms with Gasteiger partial charge < -0.3 is 9.80 Å². The van der Waals surface area contributed by atoms with Gasteiger partial charge in [0.25, 0.3) is 5.91 Å². The lowest BCUT2D eigenvalue weighted by molar-refractivity contribution is 0.0980. The quantitative estimate of drug-likeness (QED) is 0.510. The van der Waals surface area contributed by atoms with Gasteiger partial charge in [0.05, 0.1) is 5.52 Å². The normalized spacial score (nSPS) is 16.6. The highest BCUT2D eigenvalue weighted by molar-refractivity contribution is 6.05. The van der Waals surface area contributed by atoms with Gasteiger partial charge >= 0.3 is 5.69 Å². The minimum Gasteiger partial charge on any atom is -0.356 e. The number of fused-ring (bicyclic) bond motifs is 2. The molecule has 2 aliphatic rings. The van der Waals surface area contributed by atoms with Crippen molar-refractivity contribution in [1.29, 1.82) is 0 Å². The second-order valence-electron chi connectivity index (χ2n) is 8.84. The maximum absolute atomic E-state index is 13.3. The van der Waals surface area contributed by atoms with Crippen LogP contribution in [-0.2, 0) is 6.42 Å². The van der Waals surface area contributed by atoms with Gasteiger partial charge in [-0.25, -0.2) is 19.7 Å². The van der Waals surface area contributed by atoms with Crippen molar-refractivity contribution < 1.29 is 4.79 Å². The van der Waals surface area contributed by atoms with Crippen molar-refractivity contribution in [3.8, 4) is 0 Å². The first-order chi connectivity index (χ1) is 16.7. The Morgan fingerprint density at radius 1 is 1.00 bits per heavy atom. The number of carbonyl (C=O) groups excluding carboxylic acids is 1. The lowest BCUT2D eigenvalue weighted by Gasteiger charge is -2.33.